The largest absolute Gasteiger partial charge is 0.494 e. The fourth-order valence-electron chi connectivity index (χ4n) is 2.92. The van der Waals surface area contributed by atoms with E-state index in [1.807, 2.05) is 61.5 Å². The first-order chi connectivity index (χ1) is 15.1. The highest BCUT2D eigenvalue weighted by molar-refractivity contribution is 5.99. The normalized spacial score (nSPS) is 10.9. The smallest absolute Gasteiger partial charge is 0.354 e. The summed E-state index contributed by atoms with van der Waals surface area (Å²) in [7, 11) is 0. The third-order valence-electron chi connectivity index (χ3n) is 4.75. The van der Waals surface area contributed by atoms with Crippen LogP contribution in [0.3, 0.4) is 0 Å². The van der Waals surface area contributed by atoms with Gasteiger partial charge in [0.25, 0.3) is 0 Å². The SMILES string of the molecule is CCCCOc1ccc(/C=C(\C#N)C(=O)Oc2ccc(-c3ccc(C)cc3)cc2)cc1. The van der Waals surface area contributed by atoms with Crippen molar-refractivity contribution in [3.05, 3.63) is 89.5 Å². The molecular formula is C27H25NO3. The number of carbonyl (C=O) groups excluding carboxylic acids is 1. The number of hydrogen-bond acceptors (Lipinski definition) is 4. The van der Waals surface area contributed by atoms with Gasteiger partial charge >= 0.3 is 5.97 Å². The number of aryl methyl sites for hydroxylation is 1. The molecule has 4 nitrogen and oxygen atoms in total. The molecule has 31 heavy (non-hydrogen) atoms. The highest BCUT2D eigenvalue weighted by Crippen LogP contribution is 2.23. The summed E-state index contributed by atoms with van der Waals surface area (Å²) in [4.78, 5) is 12.4. The number of rotatable bonds is 8. The Morgan fingerprint density at radius 3 is 2.06 bits per heavy atom. The fraction of sp³-hybridized carbons (Fsp3) is 0.185. The number of unbranched alkanes of at least 4 members (excludes halogenated alkanes) is 1. The van der Waals surface area contributed by atoms with Crippen LogP contribution in [0.4, 0.5) is 0 Å². The van der Waals surface area contributed by atoms with Crippen LogP contribution in [0, 0.1) is 18.3 Å². The molecule has 0 aromatic heterocycles. The summed E-state index contributed by atoms with van der Waals surface area (Å²) in [6.45, 7) is 4.82. The lowest BCUT2D eigenvalue weighted by Gasteiger charge is -2.07. The van der Waals surface area contributed by atoms with E-state index in [0.717, 1.165) is 35.3 Å². The van der Waals surface area contributed by atoms with Crippen LogP contribution < -0.4 is 9.47 Å². The van der Waals surface area contributed by atoms with Crippen molar-refractivity contribution >= 4 is 12.0 Å². The highest BCUT2D eigenvalue weighted by atomic mass is 16.5. The molecule has 3 aromatic rings. The van der Waals surface area contributed by atoms with Gasteiger partial charge in [0.05, 0.1) is 6.61 Å². The lowest BCUT2D eigenvalue weighted by atomic mass is 10.0. The minimum absolute atomic E-state index is 0.0673. The average molecular weight is 412 g/mol. The van der Waals surface area contributed by atoms with E-state index in [1.165, 1.54) is 11.6 Å². The maximum Gasteiger partial charge on any atom is 0.354 e. The first kappa shape index (κ1) is 21.9. The van der Waals surface area contributed by atoms with Gasteiger partial charge in [-0.15, -0.1) is 0 Å². The standard InChI is InChI=1S/C27H25NO3/c1-3-4-17-30-25-13-7-21(8-14-25)18-24(19-28)27(29)31-26-15-11-23(12-16-26)22-9-5-20(2)6-10-22/h5-16,18H,3-4,17H2,1-2H3/b24-18+. The molecule has 0 N–H and O–H groups in total. The van der Waals surface area contributed by atoms with E-state index < -0.39 is 5.97 Å². The molecule has 0 heterocycles. The molecule has 0 spiro atoms. The van der Waals surface area contributed by atoms with E-state index in [1.54, 1.807) is 12.1 Å². The van der Waals surface area contributed by atoms with Crippen molar-refractivity contribution in [1.82, 2.24) is 0 Å². The number of esters is 1. The van der Waals surface area contributed by atoms with Crippen LogP contribution >= 0.6 is 0 Å². The van der Waals surface area contributed by atoms with Crippen LogP contribution in [0.1, 0.15) is 30.9 Å². The monoisotopic (exact) mass is 411 g/mol. The Bertz CT molecular complexity index is 1070. The van der Waals surface area contributed by atoms with Gasteiger partial charge in [0.1, 0.15) is 23.1 Å². The molecule has 0 aliphatic carbocycles. The van der Waals surface area contributed by atoms with Crippen molar-refractivity contribution in [2.75, 3.05) is 6.61 Å². The van der Waals surface area contributed by atoms with Crippen LogP contribution in [0.25, 0.3) is 17.2 Å². The van der Waals surface area contributed by atoms with Crippen molar-refractivity contribution in [3.63, 3.8) is 0 Å². The fourth-order valence-corrected chi connectivity index (χ4v) is 2.92. The second-order valence-electron chi connectivity index (χ2n) is 7.22. The van der Waals surface area contributed by atoms with Crippen molar-refractivity contribution in [2.45, 2.75) is 26.7 Å². The average Bonchev–Trinajstić information content (AvgIpc) is 2.79. The summed E-state index contributed by atoms with van der Waals surface area (Å²) in [5.41, 5.74) is 3.97. The van der Waals surface area contributed by atoms with E-state index in [4.69, 9.17) is 9.47 Å². The van der Waals surface area contributed by atoms with Gasteiger partial charge in [0.15, 0.2) is 0 Å². The van der Waals surface area contributed by atoms with E-state index in [-0.39, 0.29) is 5.57 Å². The van der Waals surface area contributed by atoms with Crippen LogP contribution in [0.2, 0.25) is 0 Å². The molecule has 0 unspecified atom stereocenters. The Balaban J connectivity index is 1.65. The topological polar surface area (TPSA) is 59.3 Å². The molecule has 0 radical (unpaired) electrons. The van der Waals surface area contributed by atoms with E-state index in [0.29, 0.717) is 12.4 Å². The molecule has 0 aliphatic heterocycles. The quantitative estimate of drug-likeness (QED) is 0.142. The van der Waals surface area contributed by atoms with Gasteiger partial charge in [-0.2, -0.15) is 5.26 Å². The lowest BCUT2D eigenvalue weighted by Crippen LogP contribution is -2.10. The predicted octanol–water partition coefficient (Wildman–Crippen LogP) is 6.35. The van der Waals surface area contributed by atoms with E-state index in [9.17, 15) is 10.1 Å². The third kappa shape index (κ3) is 6.32. The van der Waals surface area contributed by atoms with Crippen molar-refractivity contribution in [1.29, 1.82) is 5.26 Å². The summed E-state index contributed by atoms with van der Waals surface area (Å²) >= 11 is 0. The molecule has 0 bridgehead atoms. The maximum absolute atomic E-state index is 12.4. The number of ether oxygens (including phenoxy) is 2. The number of carbonyl (C=O) groups is 1. The van der Waals surface area contributed by atoms with E-state index >= 15 is 0 Å². The molecule has 156 valence electrons. The molecule has 3 aromatic carbocycles. The van der Waals surface area contributed by atoms with Crippen LogP contribution in [0.5, 0.6) is 11.5 Å². The number of nitrogens with zero attached hydrogens (tertiary/aromatic N) is 1. The minimum atomic E-state index is -0.686. The van der Waals surface area contributed by atoms with Crippen molar-refractivity contribution in [2.24, 2.45) is 0 Å². The summed E-state index contributed by atoms with van der Waals surface area (Å²) in [6.07, 6.45) is 3.58. The molecule has 0 amide bonds. The molecule has 0 saturated carbocycles. The van der Waals surface area contributed by atoms with Gasteiger partial charge in [0, 0.05) is 0 Å². The van der Waals surface area contributed by atoms with Gasteiger partial charge in [-0.25, -0.2) is 4.79 Å². The lowest BCUT2D eigenvalue weighted by molar-refractivity contribution is -0.129. The van der Waals surface area contributed by atoms with Gasteiger partial charge < -0.3 is 9.47 Å². The third-order valence-corrected chi connectivity index (χ3v) is 4.75. The van der Waals surface area contributed by atoms with Crippen molar-refractivity contribution in [3.8, 4) is 28.7 Å². The zero-order chi connectivity index (χ0) is 22.1. The predicted molar refractivity (Wildman–Crippen MR) is 123 cm³/mol. The maximum atomic E-state index is 12.4. The molecule has 3 rings (SSSR count). The molecular weight excluding hydrogens is 386 g/mol. The summed E-state index contributed by atoms with van der Waals surface area (Å²) in [5, 5.41) is 9.41. The molecule has 0 saturated heterocycles. The zero-order valence-electron chi connectivity index (χ0n) is 17.8. The first-order valence-electron chi connectivity index (χ1n) is 10.3. The Morgan fingerprint density at radius 1 is 0.903 bits per heavy atom. The molecule has 0 aliphatic rings. The van der Waals surface area contributed by atoms with Gasteiger partial charge in [0.2, 0.25) is 0 Å². The van der Waals surface area contributed by atoms with Crippen molar-refractivity contribution < 1.29 is 14.3 Å². The van der Waals surface area contributed by atoms with Crippen LogP contribution in [-0.2, 0) is 4.79 Å². The summed E-state index contributed by atoms with van der Waals surface area (Å²) < 4.78 is 11.0. The molecule has 0 atom stereocenters. The van der Waals surface area contributed by atoms with Gasteiger partial charge in [-0.1, -0.05) is 67.4 Å². The Morgan fingerprint density at radius 2 is 1.48 bits per heavy atom. The second kappa shape index (κ2) is 10.8. The number of nitriles is 1. The Kier molecular flexibility index (Phi) is 7.61. The zero-order valence-corrected chi connectivity index (χ0v) is 17.8. The second-order valence-corrected chi connectivity index (χ2v) is 7.22. The summed E-state index contributed by atoms with van der Waals surface area (Å²) in [5.74, 6) is 0.468. The van der Waals surface area contributed by atoms with Gasteiger partial charge in [-0.05, 0) is 60.4 Å². The Hall–Kier alpha value is -3.84. The van der Waals surface area contributed by atoms with E-state index in [2.05, 4.69) is 19.1 Å². The molecule has 0 fully saturated rings. The van der Waals surface area contributed by atoms with Gasteiger partial charge in [-0.3, -0.25) is 0 Å². The summed E-state index contributed by atoms with van der Waals surface area (Å²) in [6, 6.07) is 24.6. The Labute approximate surface area is 183 Å². The highest BCUT2D eigenvalue weighted by Gasteiger charge is 2.12. The van der Waals surface area contributed by atoms with Crippen LogP contribution in [0.15, 0.2) is 78.4 Å². The van der Waals surface area contributed by atoms with Crippen LogP contribution in [-0.4, -0.2) is 12.6 Å². The minimum Gasteiger partial charge on any atom is -0.494 e. The first-order valence-corrected chi connectivity index (χ1v) is 10.3. The number of benzene rings is 3. The number of hydrogen-bond donors (Lipinski definition) is 0. The molecule has 4 heteroatoms.